The van der Waals surface area contributed by atoms with Crippen LogP contribution in [-0.2, 0) is 33.1 Å². The third-order valence-electron chi connectivity index (χ3n) is 10.5. The number of phenolic OH excluding ortho intramolecular Hbond substituents is 2. The van der Waals surface area contributed by atoms with Crippen LogP contribution in [0.5, 0.6) is 28.7 Å². The van der Waals surface area contributed by atoms with Crippen LogP contribution < -0.4 is 25.3 Å². The Hall–Kier alpha value is -8.44. The van der Waals surface area contributed by atoms with Gasteiger partial charge in [-0.15, -0.1) is 0 Å². The highest BCUT2D eigenvalue weighted by Gasteiger charge is 2.29. The van der Waals surface area contributed by atoms with Crippen LogP contribution in [0.2, 0.25) is 0 Å². The summed E-state index contributed by atoms with van der Waals surface area (Å²) in [6.45, 7) is 0.946. The van der Waals surface area contributed by atoms with Crippen LogP contribution in [-0.4, -0.2) is 75.8 Å². The van der Waals surface area contributed by atoms with Crippen molar-refractivity contribution in [2.75, 3.05) is 21.3 Å². The number of aromatic nitrogens is 4. The molecule has 2 N–H and O–H groups in total. The highest BCUT2D eigenvalue weighted by Crippen LogP contribution is 2.30. The van der Waals surface area contributed by atoms with Crippen LogP contribution in [0.3, 0.4) is 0 Å². The highest BCUT2D eigenvalue weighted by molar-refractivity contribution is 7.90. The predicted octanol–water partition coefficient (Wildman–Crippen LogP) is 5.74. The lowest BCUT2D eigenvalue weighted by Crippen LogP contribution is -2.28. The lowest BCUT2D eigenvalue weighted by Gasteiger charge is -2.14. The van der Waals surface area contributed by atoms with Crippen LogP contribution in [0.1, 0.15) is 16.7 Å². The Labute approximate surface area is 379 Å². The van der Waals surface area contributed by atoms with Gasteiger partial charge in [0.2, 0.25) is 0 Å². The number of phenols is 2. The largest absolute Gasteiger partial charge is 0.508 e. The van der Waals surface area contributed by atoms with Crippen LogP contribution in [0.15, 0.2) is 141 Å². The topological polar surface area (TPSA) is 277 Å². The molecule has 21 nitrogen and oxygen atoms in total. The van der Waals surface area contributed by atoms with Gasteiger partial charge in [-0.1, -0.05) is 17.7 Å². The SMILES string of the molecule is COc1ccc(S(=O)(=O)n2c3ccc(OC)cc3c(=O)n2Cc2cc([N+](=O)[O-])ccc2O)cc1.COc1ccc2c(c1)c(=O)n(Cc1cc([N+](=O)[O-])ccc1O)n2S(=O)(=O)c1ccc(C)cc1. The molecule has 6 aromatic carbocycles. The maximum absolute atomic E-state index is 13.6. The molecular weight excluding hydrogens is 917 g/mol. The van der Waals surface area contributed by atoms with Gasteiger partial charge in [0.05, 0.1) is 75.9 Å². The molecule has 0 saturated carbocycles. The lowest BCUT2D eigenvalue weighted by molar-refractivity contribution is -0.385. The molecule has 0 bridgehead atoms. The zero-order valence-corrected chi connectivity index (χ0v) is 37.3. The maximum Gasteiger partial charge on any atom is 0.282 e. The summed E-state index contributed by atoms with van der Waals surface area (Å²) in [7, 11) is -4.29. The number of methoxy groups -OCH3 is 3. The quantitative estimate of drug-likeness (QED) is 0.103. The molecule has 0 aliphatic carbocycles. The molecule has 0 aliphatic rings. The van der Waals surface area contributed by atoms with E-state index in [0.717, 1.165) is 59.5 Å². The van der Waals surface area contributed by atoms with E-state index < -0.39 is 54.1 Å². The number of aromatic hydroxyl groups is 2. The minimum atomic E-state index is -4.31. The molecule has 0 atom stereocenters. The van der Waals surface area contributed by atoms with Gasteiger partial charge in [0.1, 0.15) is 28.7 Å². The van der Waals surface area contributed by atoms with Gasteiger partial charge in [-0.25, -0.2) is 9.36 Å². The zero-order valence-electron chi connectivity index (χ0n) is 35.7. The standard InChI is InChI=1S/C22H19N3O8S.C22H19N3O7S/c1-32-16-4-7-18(8-5-16)34(30,31)24-20-9-6-17(33-2)12-19(20)22(27)23(24)13-14-11-15(25(28)29)3-10-21(14)26;1-14-3-7-18(8-4-14)33(30,31)24-20-9-6-17(32-2)12-19(20)22(27)23(24)13-15-11-16(25(28)29)5-10-21(15)26/h3-12,26H,13H2,1-2H3;3-12,26H,13H2,1-2H3. The number of ether oxygens (including phenoxy) is 3. The number of nitro benzene ring substituents is 2. The number of benzene rings is 6. The Morgan fingerprint density at radius 2 is 0.881 bits per heavy atom. The molecule has 0 aliphatic heterocycles. The van der Waals surface area contributed by atoms with Crippen molar-refractivity contribution >= 4 is 53.2 Å². The van der Waals surface area contributed by atoms with E-state index in [1.807, 2.05) is 6.92 Å². The van der Waals surface area contributed by atoms with E-state index in [2.05, 4.69) is 0 Å². The summed E-state index contributed by atoms with van der Waals surface area (Å²) in [6, 6.07) is 27.1. The lowest BCUT2D eigenvalue weighted by atomic mass is 10.2. The Kier molecular flexibility index (Phi) is 12.7. The predicted molar refractivity (Wildman–Crippen MR) is 243 cm³/mol. The van der Waals surface area contributed by atoms with Gasteiger partial charge in [-0.05, 0) is 91.9 Å². The number of nitrogens with zero attached hydrogens (tertiary/aromatic N) is 6. The molecule has 346 valence electrons. The van der Waals surface area contributed by atoms with E-state index >= 15 is 0 Å². The third-order valence-corrected chi connectivity index (χ3v) is 13.9. The summed E-state index contributed by atoms with van der Waals surface area (Å²) >= 11 is 0. The first-order chi connectivity index (χ1) is 31.8. The first-order valence-corrected chi connectivity index (χ1v) is 22.4. The molecule has 8 aromatic rings. The maximum atomic E-state index is 13.6. The molecule has 0 fully saturated rings. The van der Waals surface area contributed by atoms with Gasteiger partial charge in [-0.2, -0.15) is 25.0 Å². The average molecular weight is 955 g/mol. The van der Waals surface area contributed by atoms with Crippen molar-refractivity contribution in [3.05, 3.63) is 179 Å². The van der Waals surface area contributed by atoms with Crippen molar-refractivity contribution < 1.29 is 51.1 Å². The van der Waals surface area contributed by atoms with E-state index in [0.29, 0.717) is 17.2 Å². The summed E-state index contributed by atoms with van der Waals surface area (Å²) in [5.74, 6) is 0.507. The van der Waals surface area contributed by atoms with Crippen molar-refractivity contribution in [3.8, 4) is 28.7 Å². The van der Waals surface area contributed by atoms with E-state index in [1.165, 1.54) is 94.1 Å². The fourth-order valence-corrected chi connectivity index (χ4v) is 10.0. The molecule has 0 radical (unpaired) electrons. The molecule has 0 unspecified atom stereocenters. The molecule has 0 amide bonds. The van der Waals surface area contributed by atoms with Gasteiger partial charge >= 0.3 is 0 Å². The first-order valence-electron chi connectivity index (χ1n) is 19.5. The Morgan fingerprint density at radius 1 is 0.522 bits per heavy atom. The minimum absolute atomic E-state index is 0.00254. The van der Waals surface area contributed by atoms with Crippen LogP contribution >= 0.6 is 0 Å². The van der Waals surface area contributed by atoms with E-state index in [1.54, 1.807) is 12.1 Å². The Morgan fingerprint density at radius 3 is 1.24 bits per heavy atom. The molecule has 23 heteroatoms. The smallest absolute Gasteiger partial charge is 0.282 e. The first kappa shape index (κ1) is 46.5. The van der Waals surface area contributed by atoms with Crippen molar-refractivity contribution in [2.45, 2.75) is 29.8 Å². The van der Waals surface area contributed by atoms with Crippen molar-refractivity contribution in [2.24, 2.45) is 0 Å². The van der Waals surface area contributed by atoms with Gasteiger partial charge in [-0.3, -0.25) is 29.8 Å². The number of non-ortho nitro benzene ring substituents is 2. The Bertz CT molecular complexity index is 3600. The fraction of sp³-hybridized carbons (Fsp3) is 0.136. The average Bonchev–Trinajstić information content (AvgIpc) is 3.76. The molecule has 67 heavy (non-hydrogen) atoms. The van der Waals surface area contributed by atoms with Gasteiger partial charge in [0, 0.05) is 35.4 Å². The summed E-state index contributed by atoms with van der Waals surface area (Å²) in [5, 5.41) is 43.0. The van der Waals surface area contributed by atoms with Crippen molar-refractivity contribution in [3.63, 3.8) is 0 Å². The second-order valence-electron chi connectivity index (χ2n) is 14.6. The normalized spacial score (nSPS) is 11.5. The molecule has 2 aromatic heterocycles. The number of aryl methyl sites for hydroxylation is 1. The molecule has 0 spiro atoms. The monoisotopic (exact) mass is 954 g/mol. The van der Waals surface area contributed by atoms with Crippen molar-refractivity contribution in [1.29, 1.82) is 0 Å². The number of hydrogen-bond acceptors (Lipinski definition) is 15. The summed E-state index contributed by atoms with van der Waals surface area (Å²) in [4.78, 5) is 47.5. The zero-order chi connectivity index (χ0) is 48.5. The second kappa shape index (κ2) is 18.2. The van der Waals surface area contributed by atoms with E-state index in [-0.39, 0.29) is 65.6 Å². The number of hydrogen-bond donors (Lipinski definition) is 2. The summed E-state index contributed by atoms with van der Waals surface area (Å²) in [6.07, 6.45) is 0. The fourth-order valence-electron chi connectivity index (χ4n) is 7.06. The molecule has 2 heterocycles. The third kappa shape index (κ3) is 8.87. The van der Waals surface area contributed by atoms with Crippen LogP contribution in [0, 0.1) is 27.2 Å². The van der Waals surface area contributed by atoms with Gasteiger partial charge in [0.15, 0.2) is 0 Å². The molecule has 0 saturated heterocycles. The van der Waals surface area contributed by atoms with E-state index in [9.17, 15) is 56.9 Å². The number of nitro groups is 2. The summed E-state index contributed by atoms with van der Waals surface area (Å²) in [5.41, 5.74) is -0.918. The van der Waals surface area contributed by atoms with Gasteiger partial charge in [0.25, 0.3) is 42.5 Å². The second-order valence-corrected chi connectivity index (χ2v) is 18.2. The van der Waals surface area contributed by atoms with Crippen molar-refractivity contribution in [1.82, 2.24) is 17.5 Å². The van der Waals surface area contributed by atoms with Gasteiger partial charge < -0.3 is 24.4 Å². The van der Waals surface area contributed by atoms with E-state index in [4.69, 9.17) is 14.2 Å². The number of fused-ring (bicyclic) bond motifs is 2. The van der Waals surface area contributed by atoms with Crippen LogP contribution in [0.25, 0.3) is 21.8 Å². The molecular formula is C44H38N6O15S2. The minimum Gasteiger partial charge on any atom is -0.508 e. The van der Waals surface area contributed by atoms with Crippen LogP contribution in [0.4, 0.5) is 11.4 Å². The Balaban J connectivity index is 0.000000199. The number of rotatable bonds is 13. The molecule has 8 rings (SSSR count). The highest BCUT2D eigenvalue weighted by atomic mass is 32.2. The summed E-state index contributed by atoms with van der Waals surface area (Å²) < 4.78 is 73.4.